The number of nitrogen functional groups attached to an aromatic ring is 1. The lowest BCUT2D eigenvalue weighted by Crippen LogP contribution is -2.43. The van der Waals surface area contributed by atoms with Crippen molar-refractivity contribution in [3.05, 3.63) is 68.0 Å². The molecule has 0 aromatic carbocycles. The number of fused-ring (bicyclic) bond motifs is 3. The second-order valence-electron chi connectivity index (χ2n) is 9.41. The Labute approximate surface area is 218 Å². The average Bonchev–Trinajstić information content (AvgIpc) is 3.33. The smallest absolute Gasteiger partial charge is 0.147 e. The van der Waals surface area contributed by atoms with E-state index in [2.05, 4.69) is 16.8 Å². The second-order valence-corrected chi connectivity index (χ2v) is 12.2. The number of aryl methyl sites for hydroxylation is 1. The van der Waals surface area contributed by atoms with Crippen molar-refractivity contribution in [3.8, 4) is 0 Å². The third-order valence-corrected chi connectivity index (χ3v) is 9.75. The maximum atomic E-state index is 6.37. The minimum absolute atomic E-state index is 0.328. The highest BCUT2D eigenvalue weighted by atomic mass is 35.5. The molecule has 1 spiro atoms. The first-order valence-corrected chi connectivity index (χ1v) is 13.7. The van der Waals surface area contributed by atoms with Crippen LogP contribution < -0.4 is 5.73 Å². The van der Waals surface area contributed by atoms with Crippen LogP contribution >= 0.6 is 34.7 Å². The largest absolute Gasteiger partial charge is 0.382 e. The summed E-state index contributed by atoms with van der Waals surface area (Å²) in [5.74, 6) is 3.00. The Morgan fingerprint density at radius 2 is 2.03 bits per heavy atom. The summed E-state index contributed by atoms with van der Waals surface area (Å²) in [6.45, 7) is 4.12. The van der Waals surface area contributed by atoms with Gasteiger partial charge in [0.2, 0.25) is 0 Å². The van der Waals surface area contributed by atoms with Crippen LogP contribution in [-0.2, 0) is 12.8 Å². The number of piperidine rings is 1. The molecule has 0 saturated carbocycles. The molecule has 180 valence electrons. The predicted molar refractivity (Wildman–Crippen MR) is 145 cm³/mol. The molecule has 5 heterocycles. The lowest BCUT2D eigenvalue weighted by Gasteiger charge is -2.40. The van der Waals surface area contributed by atoms with E-state index < -0.39 is 0 Å². The Kier molecular flexibility index (Phi) is 5.74. The van der Waals surface area contributed by atoms with Gasteiger partial charge in [-0.2, -0.15) is 0 Å². The molecule has 4 aliphatic rings. The summed E-state index contributed by atoms with van der Waals surface area (Å²) >= 11 is 9.77. The Hall–Kier alpha value is -2.62. The van der Waals surface area contributed by atoms with E-state index in [1.165, 1.54) is 46.6 Å². The molecule has 10 heteroatoms. The predicted octanol–water partition coefficient (Wildman–Crippen LogP) is 5.05. The topological polar surface area (TPSA) is 83.0 Å². The summed E-state index contributed by atoms with van der Waals surface area (Å²) in [6.07, 6.45) is 14.3. The fourth-order valence-electron chi connectivity index (χ4n) is 5.21. The van der Waals surface area contributed by atoms with Crippen molar-refractivity contribution >= 4 is 52.2 Å². The first kappa shape index (κ1) is 22.8. The number of nitrogens with zero attached hydrogens (tertiary/aromatic N) is 6. The van der Waals surface area contributed by atoms with Crippen LogP contribution in [0.1, 0.15) is 28.4 Å². The van der Waals surface area contributed by atoms with Gasteiger partial charge in [-0.1, -0.05) is 23.4 Å². The summed E-state index contributed by atoms with van der Waals surface area (Å²) in [6, 6.07) is 1.86. The van der Waals surface area contributed by atoms with Crippen LogP contribution in [0, 0.1) is 12.3 Å². The van der Waals surface area contributed by atoms with Crippen LogP contribution in [-0.4, -0.2) is 51.6 Å². The first-order valence-electron chi connectivity index (χ1n) is 11.7. The van der Waals surface area contributed by atoms with E-state index in [0.717, 1.165) is 46.8 Å². The Morgan fingerprint density at radius 1 is 1.20 bits per heavy atom. The van der Waals surface area contributed by atoms with E-state index in [9.17, 15) is 0 Å². The van der Waals surface area contributed by atoms with Crippen molar-refractivity contribution in [2.45, 2.75) is 37.5 Å². The Bertz CT molecular complexity index is 1320. The summed E-state index contributed by atoms with van der Waals surface area (Å²) in [4.78, 5) is 26.4. The lowest BCUT2D eigenvalue weighted by molar-refractivity contribution is 0.158. The zero-order valence-corrected chi connectivity index (χ0v) is 22.1. The van der Waals surface area contributed by atoms with E-state index in [1.54, 1.807) is 6.20 Å². The number of hydrogen-bond donors (Lipinski definition) is 1. The lowest BCUT2D eigenvalue weighted by atomic mass is 9.76. The van der Waals surface area contributed by atoms with Crippen LogP contribution in [0.15, 0.2) is 62.3 Å². The van der Waals surface area contributed by atoms with Gasteiger partial charge in [-0.15, -0.1) is 11.3 Å². The fraction of sp³-hybridized carbons (Fsp3) is 0.360. The molecular formula is C25H26ClN7S2. The molecular weight excluding hydrogens is 498 g/mol. The Balaban J connectivity index is 1.20. The van der Waals surface area contributed by atoms with Crippen LogP contribution in [0.3, 0.4) is 0 Å². The standard InChI is InChI=1S/C25H26ClN7S2/c1-15-30-16-13-25(14-19(16)34-15)7-11-33(12-8-25)21-6-10-29-24-18(3-4-20(31-21)32(24)2)35-17-5-9-28-23(27)22(17)26/h3-6,9-10H,7-8,11-14H2,1-2H3,(H2,27,28)/b10-6?,21-6?,29-10?,29-24-,31-20?,31-21+. The van der Waals surface area contributed by atoms with E-state index >= 15 is 0 Å². The number of thioether (sulfide) groups is 1. The minimum Gasteiger partial charge on any atom is -0.382 e. The molecule has 35 heavy (non-hydrogen) atoms. The maximum absolute atomic E-state index is 6.37. The van der Waals surface area contributed by atoms with E-state index in [0.29, 0.717) is 16.3 Å². The highest BCUT2D eigenvalue weighted by molar-refractivity contribution is 8.04. The molecule has 2 aromatic heterocycles. The number of amidine groups is 2. The Morgan fingerprint density at radius 3 is 2.83 bits per heavy atom. The summed E-state index contributed by atoms with van der Waals surface area (Å²) in [7, 11) is 2.00. The molecule has 1 aliphatic carbocycles. The monoisotopic (exact) mass is 523 g/mol. The number of rotatable bonds is 2. The van der Waals surface area contributed by atoms with Crippen LogP contribution in [0.4, 0.5) is 5.82 Å². The number of aliphatic imine (C=N–C) groups is 2. The van der Waals surface area contributed by atoms with Crippen molar-refractivity contribution in [3.63, 3.8) is 0 Å². The van der Waals surface area contributed by atoms with Gasteiger partial charge >= 0.3 is 0 Å². The van der Waals surface area contributed by atoms with Crippen LogP contribution in [0.25, 0.3) is 0 Å². The maximum Gasteiger partial charge on any atom is 0.147 e. The fourth-order valence-corrected chi connectivity index (χ4v) is 7.54. The molecule has 0 amide bonds. The second kappa shape index (κ2) is 8.80. The normalized spacial score (nSPS) is 23.6. The molecule has 7 nitrogen and oxygen atoms in total. The van der Waals surface area contributed by atoms with Gasteiger partial charge < -0.3 is 15.5 Å². The molecule has 1 fully saturated rings. The molecule has 3 aliphatic heterocycles. The van der Waals surface area contributed by atoms with E-state index in [-0.39, 0.29) is 0 Å². The van der Waals surface area contributed by atoms with Crippen LogP contribution in [0.2, 0.25) is 5.02 Å². The van der Waals surface area contributed by atoms with Crippen molar-refractivity contribution in [1.82, 2.24) is 19.8 Å². The van der Waals surface area contributed by atoms with Crippen LogP contribution in [0.5, 0.6) is 0 Å². The summed E-state index contributed by atoms with van der Waals surface area (Å²) in [5, 5.41) is 1.66. The average molecular weight is 524 g/mol. The van der Waals surface area contributed by atoms with Gasteiger partial charge in [-0.3, -0.25) is 0 Å². The minimum atomic E-state index is 0.328. The van der Waals surface area contributed by atoms with Gasteiger partial charge in [0.15, 0.2) is 0 Å². The molecule has 2 bridgehead atoms. The first-order chi connectivity index (χ1) is 16.9. The zero-order chi connectivity index (χ0) is 24.2. The van der Waals surface area contributed by atoms with Crippen molar-refractivity contribution in [2.24, 2.45) is 15.4 Å². The number of allylic oxidation sites excluding steroid dienone is 2. The summed E-state index contributed by atoms with van der Waals surface area (Å²) in [5.41, 5.74) is 7.60. The van der Waals surface area contributed by atoms with Gasteiger partial charge in [-0.05, 0) is 62.3 Å². The zero-order valence-electron chi connectivity index (χ0n) is 19.7. The highest BCUT2D eigenvalue weighted by Crippen LogP contribution is 2.46. The van der Waals surface area contributed by atoms with Gasteiger partial charge in [-0.25, -0.2) is 20.0 Å². The number of aromatic nitrogens is 2. The molecule has 0 atom stereocenters. The number of hydrogen-bond acceptors (Lipinski definition) is 9. The molecule has 0 unspecified atom stereocenters. The number of likely N-dealkylation sites (tertiary alicyclic amines) is 1. The molecule has 1 saturated heterocycles. The number of likely N-dealkylation sites (N-methyl/N-ethyl adjacent to an activating group) is 1. The van der Waals surface area contributed by atoms with E-state index in [4.69, 9.17) is 32.3 Å². The number of pyridine rings is 1. The SMILES string of the molecule is Cc1nc2c(s1)CC1(CCN(/C3=N/C4=CC=C(Sc5ccnc(N)c5Cl)/C(=N/C=C3)N4C)CC1)C2. The molecule has 0 radical (unpaired) electrons. The quantitative estimate of drug-likeness (QED) is 0.593. The number of anilines is 1. The number of thiazole rings is 1. The van der Waals surface area contributed by atoms with Crippen molar-refractivity contribution in [1.29, 1.82) is 0 Å². The van der Waals surface area contributed by atoms with Gasteiger partial charge in [0.05, 0.1) is 20.6 Å². The highest BCUT2D eigenvalue weighted by Gasteiger charge is 2.42. The summed E-state index contributed by atoms with van der Waals surface area (Å²) < 4.78 is 0. The van der Waals surface area contributed by atoms with Gasteiger partial charge in [0, 0.05) is 42.3 Å². The molecule has 2 N–H and O–H groups in total. The van der Waals surface area contributed by atoms with Gasteiger partial charge in [0.1, 0.15) is 23.3 Å². The molecule has 6 rings (SSSR count). The van der Waals surface area contributed by atoms with Crippen molar-refractivity contribution in [2.75, 3.05) is 25.9 Å². The number of halogens is 1. The van der Waals surface area contributed by atoms with E-state index in [1.807, 2.05) is 53.8 Å². The number of nitrogens with two attached hydrogens (primary N) is 1. The molecule has 2 aromatic rings. The third kappa shape index (κ3) is 4.19. The van der Waals surface area contributed by atoms with Gasteiger partial charge in [0.25, 0.3) is 0 Å². The third-order valence-electron chi connectivity index (χ3n) is 7.13. The van der Waals surface area contributed by atoms with Crippen molar-refractivity contribution < 1.29 is 0 Å².